The summed E-state index contributed by atoms with van der Waals surface area (Å²) in [5, 5.41) is -0.638. The Morgan fingerprint density at radius 2 is 1.52 bits per heavy atom. The van der Waals surface area contributed by atoms with Crippen molar-refractivity contribution in [2.24, 2.45) is 4.99 Å². The lowest BCUT2D eigenvalue weighted by atomic mass is 9.98. The smallest absolute Gasteiger partial charge is 0.223 e. The van der Waals surface area contributed by atoms with Crippen LogP contribution in [0.25, 0.3) is 11.1 Å². The topological polar surface area (TPSA) is 51.5 Å². The molecule has 0 saturated heterocycles. The summed E-state index contributed by atoms with van der Waals surface area (Å²) in [6, 6.07) is 8.19. The van der Waals surface area contributed by atoms with Gasteiger partial charge in [0.25, 0.3) is 0 Å². The van der Waals surface area contributed by atoms with Crippen molar-refractivity contribution < 1.29 is 31.5 Å². The molecule has 0 aliphatic carbocycles. The summed E-state index contributed by atoms with van der Waals surface area (Å²) in [5.41, 5.74) is -1.31. The molecule has 31 heavy (non-hydrogen) atoms. The first kappa shape index (κ1) is 22.6. The van der Waals surface area contributed by atoms with Crippen LogP contribution < -0.4 is 4.74 Å². The summed E-state index contributed by atoms with van der Waals surface area (Å²) in [4.78, 5) is 19.9. The summed E-state index contributed by atoms with van der Waals surface area (Å²) >= 11 is 12.1. The molecule has 0 fully saturated rings. The number of aromatic nitrogens is 1. The van der Waals surface area contributed by atoms with Crippen molar-refractivity contribution in [3.8, 4) is 17.0 Å². The number of pyridine rings is 1. The van der Waals surface area contributed by atoms with Gasteiger partial charge >= 0.3 is 0 Å². The Kier molecular flexibility index (Phi) is 6.56. The fourth-order valence-electron chi connectivity index (χ4n) is 2.66. The number of hydrogen-bond acceptors (Lipinski definition) is 4. The van der Waals surface area contributed by atoms with Gasteiger partial charge in [-0.2, -0.15) is 4.98 Å². The Balaban J connectivity index is 2.19. The Hall–Kier alpha value is -3.04. The molecule has 0 amide bonds. The molecule has 0 bridgehead atoms. The highest BCUT2D eigenvalue weighted by Crippen LogP contribution is 2.39. The van der Waals surface area contributed by atoms with Gasteiger partial charge in [-0.15, -0.1) is 0 Å². The van der Waals surface area contributed by atoms with Gasteiger partial charge in [-0.3, -0.25) is 4.79 Å². The molecule has 3 aromatic rings. The highest BCUT2D eigenvalue weighted by molar-refractivity contribution is 6.48. The predicted molar refractivity (Wildman–Crippen MR) is 105 cm³/mol. The van der Waals surface area contributed by atoms with Crippen LogP contribution in [0.5, 0.6) is 5.88 Å². The van der Waals surface area contributed by atoms with E-state index < -0.39 is 40.6 Å². The second-order valence-electron chi connectivity index (χ2n) is 5.88. The summed E-state index contributed by atoms with van der Waals surface area (Å²) in [6.07, 6.45) is 0.363. The van der Waals surface area contributed by atoms with Crippen LogP contribution in [-0.4, -0.2) is 24.1 Å². The summed E-state index contributed by atoms with van der Waals surface area (Å²) in [7, 11) is 1.26. The van der Waals surface area contributed by atoms with Crippen molar-refractivity contribution in [2.75, 3.05) is 7.11 Å². The van der Waals surface area contributed by atoms with Crippen LogP contribution >= 0.6 is 23.2 Å². The molecule has 1 heterocycles. The largest absolute Gasteiger partial charge is 0.480 e. The first-order valence-electron chi connectivity index (χ1n) is 8.27. The van der Waals surface area contributed by atoms with E-state index in [1.807, 2.05) is 0 Å². The van der Waals surface area contributed by atoms with Gasteiger partial charge in [-0.05, 0) is 5.56 Å². The molecule has 0 atom stereocenters. The number of hydrogen-bond donors (Lipinski definition) is 0. The van der Waals surface area contributed by atoms with Crippen molar-refractivity contribution in [1.82, 2.24) is 4.98 Å². The average Bonchev–Trinajstić information content (AvgIpc) is 2.78. The van der Waals surface area contributed by atoms with Gasteiger partial charge < -0.3 is 4.74 Å². The normalized spacial score (nSPS) is 11.2. The second-order valence-corrected chi connectivity index (χ2v) is 6.62. The van der Waals surface area contributed by atoms with Crippen LogP contribution in [0.3, 0.4) is 0 Å². The van der Waals surface area contributed by atoms with Crippen molar-refractivity contribution in [3.63, 3.8) is 0 Å². The van der Waals surface area contributed by atoms with Gasteiger partial charge in [0, 0.05) is 0 Å². The lowest BCUT2D eigenvalue weighted by Crippen LogP contribution is -2.08. The zero-order valence-corrected chi connectivity index (χ0v) is 16.8. The van der Waals surface area contributed by atoms with Gasteiger partial charge in [0.05, 0.1) is 29.5 Å². The number of Topliss-reactive ketones (excluding diaryl/α,β-unsaturated/α-hetero) is 1. The van der Waals surface area contributed by atoms with E-state index in [2.05, 4.69) is 9.98 Å². The molecule has 0 aliphatic rings. The number of ether oxygens (including phenoxy) is 1. The van der Waals surface area contributed by atoms with E-state index in [0.717, 1.165) is 0 Å². The molecule has 0 spiro atoms. The third-order valence-electron chi connectivity index (χ3n) is 4.06. The molecule has 0 radical (unpaired) electrons. The number of halogens is 7. The minimum absolute atomic E-state index is 0.0892. The molecule has 2 aromatic carbocycles. The lowest BCUT2D eigenvalue weighted by Gasteiger charge is -2.14. The average molecular weight is 475 g/mol. The highest BCUT2D eigenvalue weighted by atomic mass is 35.5. The first-order chi connectivity index (χ1) is 14.7. The van der Waals surface area contributed by atoms with E-state index in [4.69, 9.17) is 27.9 Å². The molecule has 0 saturated carbocycles. The number of rotatable bonds is 5. The molecule has 1 aromatic heterocycles. The van der Waals surface area contributed by atoms with Crippen LogP contribution in [0, 0.1) is 29.1 Å². The SMILES string of the molecule is COc1nc(Cl)c(Cl)c(C(=O)C=Nc2c(F)c(F)c(F)c(F)c2F)c1-c1ccccc1. The molecular formula is C20H9Cl2F5N2O2. The zero-order valence-electron chi connectivity index (χ0n) is 15.3. The van der Waals surface area contributed by atoms with E-state index in [9.17, 15) is 26.7 Å². The minimum Gasteiger partial charge on any atom is -0.480 e. The van der Waals surface area contributed by atoms with Crippen molar-refractivity contribution in [2.45, 2.75) is 0 Å². The number of carbonyl (C=O) groups is 1. The fraction of sp³-hybridized carbons (Fsp3) is 0.0500. The standard InChI is InChI=1S/C20H9Cl2F5N2O2/c1-31-20-10(8-5-3-2-4-6-8)11(12(21)19(22)29-20)9(30)7-28-18-16(26)14(24)13(23)15(25)17(18)27/h2-7H,1H3. The van der Waals surface area contributed by atoms with E-state index in [1.165, 1.54) is 7.11 Å². The number of carbonyl (C=O) groups excluding carboxylic acids is 1. The predicted octanol–water partition coefficient (Wildman–Crippen LogP) is 6.34. The summed E-state index contributed by atoms with van der Waals surface area (Å²) in [5.74, 6) is -12.3. The van der Waals surface area contributed by atoms with Gasteiger partial charge in [0.15, 0.2) is 28.4 Å². The summed E-state index contributed by atoms with van der Waals surface area (Å²) < 4.78 is 72.8. The number of benzene rings is 2. The second kappa shape index (κ2) is 8.99. The molecule has 0 N–H and O–H groups in total. The Morgan fingerprint density at radius 3 is 2.06 bits per heavy atom. The lowest BCUT2D eigenvalue weighted by molar-refractivity contribution is 0.107. The third-order valence-corrected chi connectivity index (χ3v) is 4.80. The van der Waals surface area contributed by atoms with E-state index >= 15 is 0 Å². The van der Waals surface area contributed by atoms with Crippen LogP contribution in [-0.2, 0) is 0 Å². The molecule has 11 heteroatoms. The molecule has 0 aliphatic heterocycles. The Labute approximate surface area is 181 Å². The maximum atomic E-state index is 13.8. The molecule has 160 valence electrons. The maximum absolute atomic E-state index is 13.8. The van der Waals surface area contributed by atoms with Gasteiger partial charge in [0.1, 0.15) is 5.69 Å². The fourth-order valence-corrected chi connectivity index (χ4v) is 3.06. The Morgan fingerprint density at radius 1 is 0.968 bits per heavy atom. The molecular weight excluding hydrogens is 466 g/mol. The van der Waals surface area contributed by atoms with Crippen LogP contribution in [0.2, 0.25) is 10.2 Å². The van der Waals surface area contributed by atoms with Gasteiger partial charge in [0.2, 0.25) is 17.5 Å². The van der Waals surface area contributed by atoms with E-state index in [-0.39, 0.29) is 27.2 Å². The first-order valence-corrected chi connectivity index (χ1v) is 9.02. The van der Waals surface area contributed by atoms with E-state index in [1.54, 1.807) is 30.3 Å². The monoisotopic (exact) mass is 474 g/mol. The van der Waals surface area contributed by atoms with Crippen molar-refractivity contribution >= 4 is 40.9 Å². The molecule has 3 rings (SSSR count). The highest BCUT2D eigenvalue weighted by Gasteiger charge is 2.27. The third kappa shape index (κ3) is 4.11. The van der Waals surface area contributed by atoms with E-state index in [0.29, 0.717) is 11.8 Å². The number of nitrogens with zero attached hydrogens (tertiary/aromatic N) is 2. The summed E-state index contributed by atoms with van der Waals surface area (Å²) in [6.45, 7) is 0. The zero-order chi connectivity index (χ0) is 22.9. The van der Waals surface area contributed by atoms with Gasteiger partial charge in [-0.25, -0.2) is 26.9 Å². The molecule has 0 unspecified atom stereocenters. The van der Waals surface area contributed by atoms with Crippen LogP contribution in [0.1, 0.15) is 10.4 Å². The van der Waals surface area contributed by atoms with Crippen molar-refractivity contribution in [3.05, 3.63) is 75.2 Å². The minimum atomic E-state index is -2.35. The van der Waals surface area contributed by atoms with Crippen LogP contribution in [0.15, 0.2) is 35.3 Å². The maximum Gasteiger partial charge on any atom is 0.223 e. The Bertz CT molecular complexity index is 1190. The quantitative estimate of drug-likeness (QED) is 0.108. The number of methoxy groups -OCH3 is 1. The van der Waals surface area contributed by atoms with Crippen molar-refractivity contribution in [1.29, 1.82) is 0 Å². The van der Waals surface area contributed by atoms with Crippen LogP contribution in [0.4, 0.5) is 27.6 Å². The van der Waals surface area contributed by atoms with Gasteiger partial charge in [-0.1, -0.05) is 53.5 Å². The number of aliphatic imine (C=N–C) groups is 1. The molecule has 4 nitrogen and oxygen atoms in total. The number of ketones is 1.